The highest BCUT2D eigenvalue weighted by Gasteiger charge is 2.37. The summed E-state index contributed by atoms with van der Waals surface area (Å²) in [6.07, 6.45) is 2.93. The first-order valence-electron chi connectivity index (χ1n) is 10.7. The lowest BCUT2D eigenvalue weighted by molar-refractivity contribution is 0.0697. The molecule has 3 nitrogen and oxygen atoms in total. The van der Waals surface area contributed by atoms with Crippen LogP contribution in [0.15, 0.2) is 48.5 Å². The molecular weight excluding hydrogens is 372 g/mol. The number of aliphatic hydroxyl groups excluding tert-OH is 1. The molecule has 156 valence electrons. The lowest BCUT2D eigenvalue weighted by Crippen LogP contribution is -2.33. The fourth-order valence-electron chi connectivity index (χ4n) is 4.80. The molecule has 30 heavy (non-hydrogen) atoms. The number of aliphatic hydroxyl groups is 1. The summed E-state index contributed by atoms with van der Waals surface area (Å²) in [4.78, 5) is 11.2. The first-order valence-corrected chi connectivity index (χ1v) is 10.7. The average molecular weight is 403 g/mol. The fraction of sp³-hybridized carbons (Fsp3) is 0.370. The van der Waals surface area contributed by atoms with Gasteiger partial charge >= 0.3 is 5.97 Å². The van der Waals surface area contributed by atoms with Crippen LogP contribution in [-0.4, -0.2) is 22.8 Å². The Morgan fingerprint density at radius 2 is 1.47 bits per heavy atom. The summed E-state index contributed by atoms with van der Waals surface area (Å²) < 4.78 is 0. The van der Waals surface area contributed by atoms with E-state index in [0.29, 0.717) is 6.42 Å². The van der Waals surface area contributed by atoms with Crippen LogP contribution in [0.25, 0.3) is 21.9 Å². The zero-order valence-electron chi connectivity index (χ0n) is 18.2. The molecule has 3 heteroatoms. The third-order valence-corrected chi connectivity index (χ3v) is 6.86. The summed E-state index contributed by atoms with van der Waals surface area (Å²) in [5.41, 5.74) is 6.57. The van der Waals surface area contributed by atoms with Gasteiger partial charge in [-0.05, 0) is 86.9 Å². The molecule has 0 fully saturated rings. The Labute approximate surface area is 178 Å². The summed E-state index contributed by atoms with van der Waals surface area (Å²) in [5, 5.41) is 21.3. The van der Waals surface area contributed by atoms with Gasteiger partial charge in [0.05, 0.1) is 5.56 Å². The van der Waals surface area contributed by atoms with Crippen LogP contribution in [0.1, 0.15) is 67.6 Å². The molecule has 3 aromatic carbocycles. The van der Waals surface area contributed by atoms with E-state index in [9.17, 15) is 15.0 Å². The van der Waals surface area contributed by atoms with Crippen molar-refractivity contribution in [3.05, 3.63) is 70.8 Å². The van der Waals surface area contributed by atoms with Crippen LogP contribution >= 0.6 is 0 Å². The molecular formula is C27H30O3. The molecule has 0 heterocycles. The molecule has 1 aliphatic carbocycles. The van der Waals surface area contributed by atoms with Crippen molar-refractivity contribution >= 4 is 16.7 Å². The summed E-state index contributed by atoms with van der Waals surface area (Å²) in [6.45, 7) is 9.42. The van der Waals surface area contributed by atoms with Gasteiger partial charge in [-0.15, -0.1) is 0 Å². The number of carbonyl (C=O) groups is 1. The number of hydrogen-bond acceptors (Lipinski definition) is 2. The Morgan fingerprint density at radius 3 is 2.03 bits per heavy atom. The maximum absolute atomic E-state index is 11.2. The summed E-state index contributed by atoms with van der Waals surface area (Å²) in [7, 11) is 0. The van der Waals surface area contributed by atoms with Crippen LogP contribution in [0.2, 0.25) is 0 Å². The molecule has 0 saturated heterocycles. The SMILES string of the molecule is CC1(C)CCC(C)(C)c2cc3c(CCO)cc(-c4ccc(C(=O)O)cc4)cc3cc21. The quantitative estimate of drug-likeness (QED) is 0.555. The minimum absolute atomic E-state index is 0.0997. The second-order valence-corrected chi connectivity index (χ2v) is 9.88. The predicted octanol–water partition coefficient (Wildman–Crippen LogP) is 6.09. The van der Waals surface area contributed by atoms with Crippen LogP contribution in [0, 0.1) is 0 Å². The normalized spacial score (nSPS) is 17.0. The van der Waals surface area contributed by atoms with E-state index in [4.69, 9.17) is 0 Å². The van der Waals surface area contributed by atoms with Gasteiger partial charge in [0.1, 0.15) is 0 Å². The first-order chi connectivity index (χ1) is 14.1. The van der Waals surface area contributed by atoms with E-state index in [0.717, 1.165) is 16.7 Å². The number of hydrogen-bond donors (Lipinski definition) is 2. The van der Waals surface area contributed by atoms with Crippen molar-refractivity contribution in [2.75, 3.05) is 6.61 Å². The second-order valence-electron chi connectivity index (χ2n) is 9.88. The van der Waals surface area contributed by atoms with Crippen LogP contribution < -0.4 is 0 Å². The van der Waals surface area contributed by atoms with Crippen molar-refractivity contribution < 1.29 is 15.0 Å². The standard InChI is InChI=1S/C27H30O3/c1-26(2)10-11-27(3,4)24-16-22-19(9-12-28)13-20(14-21(22)15-23(24)26)17-5-7-18(8-6-17)25(29)30/h5-8,13-16,28H,9-12H2,1-4H3,(H,29,30). The Kier molecular flexibility index (Phi) is 4.98. The van der Waals surface area contributed by atoms with Gasteiger partial charge in [-0.1, -0.05) is 58.0 Å². The predicted molar refractivity (Wildman–Crippen MR) is 122 cm³/mol. The summed E-state index contributed by atoms with van der Waals surface area (Å²) >= 11 is 0. The van der Waals surface area contributed by atoms with Crippen LogP contribution in [0.5, 0.6) is 0 Å². The Hall–Kier alpha value is -2.65. The van der Waals surface area contributed by atoms with Crippen molar-refractivity contribution in [3.8, 4) is 11.1 Å². The van der Waals surface area contributed by atoms with Crippen molar-refractivity contribution in [1.29, 1.82) is 0 Å². The molecule has 0 aliphatic heterocycles. The van der Waals surface area contributed by atoms with Gasteiger partial charge in [0.2, 0.25) is 0 Å². The van der Waals surface area contributed by atoms with Crippen molar-refractivity contribution in [3.63, 3.8) is 0 Å². The molecule has 0 saturated carbocycles. The van der Waals surface area contributed by atoms with E-state index in [1.807, 2.05) is 12.1 Å². The Bertz CT molecular complexity index is 1120. The molecule has 0 bridgehead atoms. The van der Waals surface area contributed by atoms with E-state index < -0.39 is 5.97 Å². The third kappa shape index (κ3) is 3.52. The Balaban J connectivity index is 1.94. The van der Waals surface area contributed by atoms with Gasteiger partial charge in [0, 0.05) is 6.61 Å². The van der Waals surface area contributed by atoms with E-state index in [1.54, 1.807) is 12.1 Å². The van der Waals surface area contributed by atoms with Gasteiger partial charge in [0.25, 0.3) is 0 Å². The maximum Gasteiger partial charge on any atom is 0.335 e. The third-order valence-electron chi connectivity index (χ3n) is 6.86. The minimum atomic E-state index is -0.919. The van der Waals surface area contributed by atoms with Crippen molar-refractivity contribution in [1.82, 2.24) is 0 Å². The van der Waals surface area contributed by atoms with Crippen LogP contribution in [0.4, 0.5) is 0 Å². The highest BCUT2D eigenvalue weighted by molar-refractivity contribution is 5.93. The van der Waals surface area contributed by atoms with Crippen LogP contribution in [0.3, 0.4) is 0 Å². The lowest BCUT2D eigenvalue weighted by atomic mass is 9.62. The van der Waals surface area contributed by atoms with E-state index in [2.05, 4.69) is 52.0 Å². The van der Waals surface area contributed by atoms with Gasteiger partial charge in [0.15, 0.2) is 0 Å². The van der Waals surface area contributed by atoms with E-state index in [1.165, 1.54) is 34.7 Å². The van der Waals surface area contributed by atoms with Gasteiger partial charge < -0.3 is 10.2 Å². The fourth-order valence-corrected chi connectivity index (χ4v) is 4.80. The monoisotopic (exact) mass is 402 g/mol. The smallest absolute Gasteiger partial charge is 0.335 e. The highest BCUT2D eigenvalue weighted by Crippen LogP contribution is 2.47. The molecule has 3 aromatic rings. The first kappa shape index (κ1) is 20.6. The molecule has 0 spiro atoms. The number of carboxylic acids is 1. The number of fused-ring (bicyclic) bond motifs is 2. The molecule has 2 N–H and O–H groups in total. The lowest BCUT2D eigenvalue weighted by Gasteiger charge is -2.42. The largest absolute Gasteiger partial charge is 0.478 e. The van der Waals surface area contributed by atoms with Gasteiger partial charge in [-0.3, -0.25) is 0 Å². The zero-order valence-corrected chi connectivity index (χ0v) is 18.2. The summed E-state index contributed by atoms with van der Waals surface area (Å²) in [6, 6.07) is 16.1. The van der Waals surface area contributed by atoms with Gasteiger partial charge in [-0.25, -0.2) is 4.79 Å². The topological polar surface area (TPSA) is 57.5 Å². The molecule has 0 atom stereocenters. The van der Waals surface area contributed by atoms with Crippen LogP contribution in [-0.2, 0) is 17.3 Å². The number of rotatable bonds is 4. The zero-order chi connectivity index (χ0) is 21.7. The number of carboxylic acid groups (broad SMARTS) is 1. The molecule has 0 unspecified atom stereocenters. The maximum atomic E-state index is 11.2. The average Bonchev–Trinajstić information content (AvgIpc) is 2.71. The minimum Gasteiger partial charge on any atom is -0.478 e. The molecule has 4 rings (SSSR count). The Morgan fingerprint density at radius 1 is 0.867 bits per heavy atom. The van der Waals surface area contributed by atoms with E-state index in [-0.39, 0.29) is 23.0 Å². The van der Waals surface area contributed by atoms with E-state index >= 15 is 0 Å². The highest BCUT2D eigenvalue weighted by atomic mass is 16.4. The molecule has 0 amide bonds. The molecule has 1 aliphatic rings. The van der Waals surface area contributed by atoms with Crippen molar-refractivity contribution in [2.45, 2.75) is 57.8 Å². The second kappa shape index (κ2) is 7.24. The number of benzene rings is 3. The summed E-state index contributed by atoms with van der Waals surface area (Å²) in [5.74, 6) is -0.919. The van der Waals surface area contributed by atoms with Crippen molar-refractivity contribution in [2.24, 2.45) is 0 Å². The molecule has 0 radical (unpaired) electrons. The molecule has 0 aromatic heterocycles. The van der Waals surface area contributed by atoms with Gasteiger partial charge in [-0.2, -0.15) is 0 Å². The number of aromatic carboxylic acids is 1.